The highest BCUT2D eigenvalue weighted by atomic mass is 32.2. The molecule has 1 fully saturated rings. The van der Waals surface area contributed by atoms with Crippen molar-refractivity contribution < 1.29 is 40.7 Å². The van der Waals surface area contributed by atoms with Gasteiger partial charge in [-0.1, -0.05) is 0 Å². The molecule has 0 unspecified atom stereocenters. The summed E-state index contributed by atoms with van der Waals surface area (Å²) in [5.74, 6) is -2.25. The molecule has 0 atom stereocenters. The van der Waals surface area contributed by atoms with E-state index in [1.165, 1.54) is 6.07 Å². The number of amides is 1. The molecule has 1 aromatic carbocycles. The summed E-state index contributed by atoms with van der Waals surface area (Å²) in [4.78, 5) is 30.5. The Bertz CT molecular complexity index is 1320. The first-order chi connectivity index (χ1) is 17.3. The molecule has 37 heavy (non-hydrogen) atoms. The number of aromatic nitrogens is 1. The number of carbonyl (C=O) groups excluding carboxylic acids is 2. The molecule has 1 N–H and O–H groups in total. The standard InChI is InChI=1S/C23H23F3N4O6S/c1-3-35-22(32)19-12-16(13-27)20(28-14(19)2)30-10-8-15(9-11-30)21(31)29-37(33,34)18-6-4-17(5-7-18)36-23(24,25)26/h4-7,12,15H,3,8-11H2,1-2H3,(H,29,31). The highest BCUT2D eigenvalue weighted by Gasteiger charge is 2.32. The van der Waals surface area contributed by atoms with E-state index in [4.69, 9.17) is 4.74 Å². The molecular weight excluding hydrogens is 517 g/mol. The highest BCUT2D eigenvalue weighted by Crippen LogP contribution is 2.28. The van der Waals surface area contributed by atoms with Crippen LogP contribution in [0, 0.1) is 24.2 Å². The predicted octanol–water partition coefficient (Wildman–Crippen LogP) is 3.06. The number of aryl methyl sites for hydroxylation is 1. The maximum atomic E-state index is 12.6. The molecule has 3 rings (SSSR count). The van der Waals surface area contributed by atoms with Crippen LogP contribution in [-0.4, -0.2) is 51.3 Å². The van der Waals surface area contributed by atoms with E-state index >= 15 is 0 Å². The number of halogens is 3. The lowest BCUT2D eigenvalue weighted by Gasteiger charge is -2.32. The van der Waals surface area contributed by atoms with Crippen LogP contribution in [-0.2, 0) is 19.6 Å². The minimum atomic E-state index is -4.92. The summed E-state index contributed by atoms with van der Waals surface area (Å²) in [5.41, 5.74) is 0.724. The normalized spacial score (nSPS) is 14.5. The topological polar surface area (TPSA) is 139 Å². The number of sulfonamides is 1. The van der Waals surface area contributed by atoms with Crippen molar-refractivity contribution in [1.82, 2.24) is 9.71 Å². The number of pyridine rings is 1. The van der Waals surface area contributed by atoms with Crippen molar-refractivity contribution in [2.45, 2.75) is 37.9 Å². The molecule has 1 amide bonds. The van der Waals surface area contributed by atoms with Crippen molar-refractivity contribution in [2.24, 2.45) is 5.92 Å². The van der Waals surface area contributed by atoms with Crippen molar-refractivity contribution in [2.75, 3.05) is 24.6 Å². The van der Waals surface area contributed by atoms with Gasteiger partial charge in [0.05, 0.1) is 28.3 Å². The fraction of sp³-hybridized carbons (Fsp3) is 0.391. The second-order valence-electron chi connectivity index (χ2n) is 8.08. The molecule has 0 radical (unpaired) electrons. The fourth-order valence-corrected chi connectivity index (χ4v) is 4.82. The molecule has 0 bridgehead atoms. The van der Waals surface area contributed by atoms with Crippen LogP contribution >= 0.6 is 0 Å². The van der Waals surface area contributed by atoms with Crippen molar-refractivity contribution in [3.63, 3.8) is 0 Å². The average Bonchev–Trinajstić information content (AvgIpc) is 2.83. The summed E-state index contributed by atoms with van der Waals surface area (Å²) in [6.07, 6.45) is -4.41. The number of ether oxygens (including phenoxy) is 2. The number of hydrogen-bond acceptors (Lipinski definition) is 9. The molecule has 0 saturated carbocycles. The molecule has 0 spiro atoms. The molecule has 2 aromatic rings. The smallest absolute Gasteiger partial charge is 0.462 e. The quantitative estimate of drug-likeness (QED) is 0.525. The Morgan fingerprint density at radius 2 is 1.84 bits per heavy atom. The summed E-state index contributed by atoms with van der Waals surface area (Å²) in [7, 11) is -4.32. The number of hydrogen-bond donors (Lipinski definition) is 1. The number of carbonyl (C=O) groups is 2. The van der Waals surface area contributed by atoms with Crippen molar-refractivity contribution in [3.05, 3.63) is 47.2 Å². The first-order valence-electron chi connectivity index (χ1n) is 11.1. The van der Waals surface area contributed by atoms with E-state index in [0.717, 1.165) is 24.3 Å². The Hall–Kier alpha value is -3.86. The number of nitrogens with zero attached hydrogens (tertiary/aromatic N) is 3. The lowest BCUT2D eigenvalue weighted by Crippen LogP contribution is -2.42. The minimum Gasteiger partial charge on any atom is -0.462 e. The lowest BCUT2D eigenvalue weighted by molar-refractivity contribution is -0.274. The highest BCUT2D eigenvalue weighted by molar-refractivity contribution is 7.90. The SMILES string of the molecule is CCOC(=O)c1cc(C#N)c(N2CCC(C(=O)NS(=O)(=O)c3ccc(OC(F)(F)F)cc3)CC2)nc1C. The van der Waals surface area contributed by atoms with E-state index in [-0.39, 0.29) is 30.6 Å². The second-order valence-corrected chi connectivity index (χ2v) is 9.76. The van der Waals surface area contributed by atoms with Gasteiger partial charge in [0.2, 0.25) is 5.91 Å². The lowest BCUT2D eigenvalue weighted by atomic mass is 9.96. The molecule has 1 aliphatic heterocycles. The Balaban J connectivity index is 1.65. The van der Waals surface area contributed by atoms with Crippen LogP contribution in [0.4, 0.5) is 19.0 Å². The van der Waals surface area contributed by atoms with Gasteiger partial charge in [-0.3, -0.25) is 4.79 Å². The third kappa shape index (κ3) is 6.88. The van der Waals surface area contributed by atoms with E-state index < -0.39 is 44.8 Å². The predicted molar refractivity (Wildman–Crippen MR) is 123 cm³/mol. The van der Waals surface area contributed by atoms with Crippen molar-refractivity contribution in [3.8, 4) is 11.8 Å². The van der Waals surface area contributed by atoms with Gasteiger partial charge >= 0.3 is 12.3 Å². The summed E-state index contributed by atoms with van der Waals surface area (Å²) in [5, 5.41) is 9.56. The minimum absolute atomic E-state index is 0.164. The number of anilines is 1. The van der Waals surface area contributed by atoms with Crippen LogP contribution in [0.1, 0.15) is 41.4 Å². The van der Waals surface area contributed by atoms with Gasteiger partial charge in [0.25, 0.3) is 10.0 Å². The fourth-order valence-electron chi connectivity index (χ4n) is 3.78. The zero-order chi connectivity index (χ0) is 27.4. The van der Waals surface area contributed by atoms with Gasteiger partial charge in [-0.05, 0) is 57.0 Å². The van der Waals surface area contributed by atoms with Gasteiger partial charge in [0.15, 0.2) is 0 Å². The Morgan fingerprint density at radius 3 is 2.38 bits per heavy atom. The summed E-state index contributed by atoms with van der Waals surface area (Å²) in [6.45, 7) is 4.03. The van der Waals surface area contributed by atoms with Gasteiger partial charge in [-0.25, -0.2) is 22.9 Å². The van der Waals surface area contributed by atoms with Crippen LogP contribution in [0.25, 0.3) is 0 Å². The van der Waals surface area contributed by atoms with Crippen molar-refractivity contribution >= 4 is 27.7 Å². The first-order valence-corrected chi connectivity index (χ1v) is 12.6. The zero-order valence-electron chi connectivity index (χ0n) is 19.8. The Kier molecular flexibility index (Phi) is 8.27. The average molecular weight is 541 g/mol. The molecule has 10 nitrogen and oxygen atoms in total. The van der Waals surface area contributed by atoms with E-state index in [2.05, 4.69) is 9.72 Å². The molecule has 1 aromatic heterocycles. The van der Waals surface area contributed by atoms with E-state index in [0.29, 0.717) is 24.6 Å². The number of piperidine rings is 1. The van der Waals surface area contributed by atoms with Crippen LogP contribution < -0.4 is 14.4 Å². The van der Waals surface area contributed by atoms with Crippen LogP contribution in [0.3, 0.4) is 0 Å². The summed E-state index contributed by atoms with van der Waals surface area (Å²) < 4.78 is 72.6. The maximum Gasteiger partial charge on any atom is 0.573 e. The second kappa shape index (κ2) is 11.0. The van der Waals surface area contributed by atoms with Gasteiger partial charge in [0, 0.05) is 19.0 Å². The molecule has 198 valence electrons. The largest absolute Gasteiger partial charge is 0.573 e. The summed E-state index contributed by atoms with van der Waals surface area (Å²) in [6, 6.07) is 6.89. The third-order valence-corrected chi connectivity index (χ3v) is 6.94. The molecule has 1 saturated heterocycles. The van der Waals surface area contributed by atoms with Crippen molar-refractivity contribution in [1.29, 1.82) is 5.26 Å². The molecule has 2 heterocycles. The van der Waals surface area contributed by atoms with Crippen LogP contribution in [0.15, 0.2) is 35.2 Å². The van der Waals surface area contributed by atoms with Gasteiger partial charge in [0.1, 0.15) is 17.6 Å². The van der Waals surface area contributed by atoms with E-state index in [1.54, 1.807) is 18.7 Å². The summed E-state index contributed by atoms with van der Waals surface area (Å²) >= 11 is 0. The number of esters is 1. The third-order valence-electron chi connectivity index (χ3n) is 5.58. The molecule has 14 heteroatoms. The molecule has 1 aliphatic rings. The zero-order valence-corrected chi connectivity index (χ0v) is 20.6. The van der Waals surface area contributed by atoms with E-state index in [1.807, 2.05) is 10.8 Å². The van der Waals surface area contributed by atoms with Gasteiger partial charge in [-0.15, -0.1) is 13.2 Å². The molecular formula is C23H23F3N4O6S. The molecule has 0 aliphatic carbocycles. The number of nitriles is 1. The number of alkyl halides is 3. The maximum absolute atomic E-state index is 12.6. The van der Waals surface area contributed by atoms with Gasteiger partial charge < -0.3 is 14.4 Å². The number of rotatable bonds is 7. The van der Waals surface area contributed by atoms with Crippen LogP contribution in [0.2, 0.25) is 0 Å². The Labute approximate surface area is 211 Å². The Morgan fingerprint density at radius 1 is 1.22 bits per heavy atom. The van der Waals surface area contributed by atoms with Gasteiger partial charge in [-0.2, -0.15) is 5.26 Å². The number of benzene rings is 1. The first kappa shape index (κ1) is 27.7. The monoisotopic (exact) mass is 540 g/mol. The van der Waals surface area contributed by atoms with Crippen LogP contribution in [0.5, 0.6) is 5.75 Å². The van der Waals surface area contributed by atoms with E-state index in [9.17, 15) is 36.4 Å². The number of nitrogens with one attached hydrogen (secondary N) is 1.